The number of ketones is 1. The highest BCUT2D eigenvalue weighted by Gasteiger charge is 2.64. The van der Waals surface area contributed by atoms with Gasteiger partial charge in [-0.2, -0.15) is 0 Å². The summed E-state index contributed by atoms with van der Waals surface area (Å²) in [4.78, 5) is 37.8. The third-order valence-corrected chi connectivity index (χ3v) is 4.44. The molecule has 1 radical (unpaired) electrons. The molecule has 0 aliphatic carbocycles. The van der Waals surface area contributed by atoms with E-state index in [0.717, 1.165) is 5.56 Å². The summed E-state index contributed by atoms with van der Waals surface area (Å²) in [6.07, 6.45) is 1.49. The Bertz CT molecular complexity index is 657. The maximum absolute atomic E-state index is 12.5. The number of phenols is 1. The average Bonchev–Trinajstić information content (AvgIpc) is 3.06. The van der Waals surface area contributed by atoms with Gasteiger partial charge in [0, 0.05) is 6.54 Å². The number of fused-ring (bicyclic) bond motifs is 1. The molecule has 0 aromatic heterocycles. The van der Waals surface area contributed by atoms with E-state index in [4.69, 9.17) is 10.5 Å². The minimum Gasteiger partial charge on any atom is -0.508 e. The smallest absolute Gasteiger partial charge is 0.254 e. The van der Waals surface area contributed by atoms with Crippen molar-refractivity contribution in [1.29, 1.82) is 0 Å². The van der Waals surface area contributed by atoms with E-state index in [9.17, 15) is 19.5 Å². The zero-order chi connectivity index (χ0) is 16.6. The van der Waals surface area contributed by atoms with Gasteiger partial charge in [0.05, 0.1) is 12.5 Å². The van der Waals surface area contributed by atoms with Crippen LogP contribution in [0.1, 0.15) is 12.0 Å². The number of carbonyl (C=O) groups is 3. The molecule has 1 aromatic carbocycles. The summed E-state index contributed by atoms with van der Waals surface area (Å²) >= 11 is 0. The number of aromatic hydroxyl groups is 1. The van der Waals surface area contributed by atoms with Crippen molar-refractivity contribution in [2.45, 2.75) is 24.5 Å². The Morgan fingerprint density at radius 2 is 2.09 bits per heavy atom. The van der Waals surface area contributed by atoms with Gasteiger partial charge < -0.3 is 20.5 Å². The molecule has 3 N–H and O–H groups in total. The molecule has 23 heavy (non-hydrogen) atoms. The van der Waals surface area contributed by atoms with Gasteiger partial charge in [0.25, 0.3) is 5.91 Å². The minimum absolute atomic E-state index is 0.142. The molecule has 2 amide bonds. The molecule has 3 rings (SSSR count). The molecular formula is C16H17N2O5. The number of likely N-dealkylation sites (tertiary alicyclic amines) is 1. The van der Waals surface area contributed by atoms with Gasteiger partial charge in [0.2, 0.25) is 11.4 Å². The Labute approximate surface area is 133 Å². The summed E-state index contributed by atoms with van der Waals surface area (Å²) in [6, 6.07) is 6.44. The van der Waals surface area contributed by atoms with E-state index in [1.807, 2.05) is 0 Å². The second kappa shape index (κ2) is 5.66. The SMILES string of the molecule is NC(=O)C12C(=O)CO[C@H]1CCN2C(=O)[CH]Cc1ccc(O)cc1. The third kappa shape index (κ3) is 2.37. The number of phenolic OH excluding ortho intramolecular Hbond substituents is 1. The van der Waals surface area contributed by atoms with Crippen LogP contribution in [-0.2, 0) is 25.5 Å². The molecule has 2 fully saturated rings. The first-order valence-electron chi connectivity index (χ1n) is 7.33. The van der Waals surface area contributed by atoms with Crippen LogP contribution in [-0.4, -0.2) is 52.4 Å². The lowest BCUT2D eigenvalue weighted by atomic mass is 9.89. The standard InChI is InChI=1S/C16H17N2O5/c17-15(22)16-12(20)9-23-13(16)7-8-18(16)14(21)6-3-10-1-4-11(19)5-2-10/h1-2,4-6,13,19H,3,7-9H2,(H2,17,22)/t13-,16?/m0/s1. The van der Waals surface area contributed by atoms with E-state index in [1.165, 1.54) is 23.5 Å². The van der Waals surface area contributed by atoms with Crippen molar-refractivity contribution in [3.8, 4) is 5.75 Å². The minimum atomic E-state index is -1.66. The second-order valence-electron chi connectivity index (χ2n) is 5.71. The predicted octanol–water partition coefficient (Wildman–Crippen LogP) is -0.437. The molecular weight excluding hydrogens is 300 g/mol. The predicted molar refractivity (Wildman–Crippen MR) is 79.1 cm³/mol. The van der Waals surface area contributed by atoms with Crippen LogP contribution in [0.3, 0.4) is 0 Å². The molecule has 121 valence electrons. The molecule has 2 heterocycles. The molecule has 2 atom stereocenters. The number of rotatable bonds is 4. The highest BCUT2D eigenvalue weighted by Crippen LogP contribution is 2.37. The van der Waals surface area contributed by atoms with Crippen LogP contribution in [0.15, 0.2) is 24.3 Å². The number of hydrogen-bond donors (Lipinski definition) is 2. The van der Waals surface area contributed by atoms with Crippen LogP contribution in [0.2, 0.25) is 0 Å². The van der Waals surface area contributed by atoms with Crippen molar-refractivity contribution in [3.63, 3.8) is 0 Å². The molecule has 1 unspecified atom stereocenters. The number of ether oxygens (including phenoxy) is 1. The number of Topliss-reactive ketones (excluding diaryl/α,β-unsaturated/α-hetero) is 1. The van der Waals surface area contributed by atoms with E-state index < -0.39 is 29.2 Å². The summed E-state index contributed by atoms with van der Waals surface area (Å²) in [5, 5.41) is 9.25. The number of carbonyl (C=O) groups excluding carboxylic acids is 3. The fourth-order valence-electron chi connectivity index (χ4n) is 3.29. The number of hydrogen-bond acceptors (Lipinski definition) is 5. The zero-order valence-corrected chi connectivity index (χ0v) is 12.4. The number of primary amides is 1. The summed E-state index contributed by atoms with van der Waals surface area (Å²) in [5.41, 5.74) is 4.60. The van der Waals surface area contributed by atoms with E-state index >= 15 is 0 Å². The van der Waals surface area contributed by atoms with Crippen molar-refractivity contribution in [2.24, 2.45) is 5.73 Å². The molecule has 0 spiro atoms. The molecule has 2 aliphatic heterocycles. The summed E-state index contributed by atoms with van der Waals surface area (Å²) in [7, 11) is 0. The fourth-order valence-corrected chi connectivity index (χ4v) is 3.29. The van der Waals surface area contributed by atoms with Crippen LogP contribution in [0.4, 0.5) is 0 Å². The van der Waals surface area contributed by atoms with Crippen LogP contribution < -0.4 is 5.73 Å². The fraction of sp³-hybridized carbons (Fsp3) is 0.375. The third-order valence-electron chi connectivity index (χ3n) is 4.44. The Morgan fingerprint density at radius 3 is 2.74 bits per heavy atom. The second-order valence-corrected chi connectivity index (χ2v) is 5.71. The van der Waals surface area contributed by atoms with Gasteiger partial charge in [-0.1, -0.05) is 12.1 Å². The monoisotopic (exact) mass is 317 g/mol. The van der Waals surface area contributed by atoms with Crippen LogP contribution in [0.25, 0.3) is 0 Å². The molecule has 7 heteroatoms. The largest absolute Gasteiger partial charge is 0.508 e. The average molecular weight is 317 g/mol. The maximum Gasteiger partial charge on any atom is 0.254 e. The van der Waals surface area contributed by atoms with Crippen molar-refractivity contribution in [1.82, 2.24) is 4.90 Å². The Morgan fingerprint density at radius 1 is 1.39 bits per heavy atom. The van der Waals surface area contributed by atoms with E-state index in [-0.39, 0.29) is 18.9 Å². The van der Waals surface area contributed by atoms with Crippen LogP contribution >= 0.6 is 0 Å². The Balaban J connectivity index is 1.75. The van der Waals surface area contributed by atoms with E-state index in [1.54, 1.807) is 12.1 Å². The molecule has 0 saturated carbocycles. The van der Waals surface area contributed by atoms with Gasteiger partial charge in [-0.15, -0.1) is 0 Å². The highest BCUT2D eigenvalue weighted by molar-refractivity contribution is 6.15. The van der Waals surface area contributed by atoms with E-state index in [0.29, 0.717) is 12.8 Å². The molecule has 0 bridgehead atoms. The summed E-state index contributed by atoms with van der Waals surface area (Å²) < 4.78 is 5.32. The quantitative estimate of drug-likeness (QED) is 0.732. The Kier molecular flexibility index (Phi) is 3.81. The number of benzene rings is 1. The molecule has 1 aromatic rings. The van der Waals surface area contributed by atoms with Gasteiger partial charge in [-0.3, -0.25) is 14.4 Å². The summed E-state index contributed by atoms with van der Waals surface area (Å²) in [5.74, 6) is -1.57. The van der Waals surface area contributed by atoms with Crippen molar-refractivity contribution >= 4 is 17.6 Å². The van der Waals surface area contributed by atoms with Gasteiger partial charge in [0.15, 0.2) is 5.78 Å². The highest BCUT2D eigenvalue weighted by atomic mass is 16.5. The number of nitrogens with zero attached hydrogens (tertiary/aromatic N) is 1. The maximum atomic E-state index is 12.5. The normalized spacial score (nSPS) is 26.3. The summed E-state index contributed by atoms with van der Waals surface area (Å²) in [6.45, 7) is 0.0552. The molecule has 2 saturated heterocycles. The lowest BCUT2D eigenvalue weighted by Gasteiger charge is -2.32. The molecule has 7 nitrogen and oxygen atoms in total. The number of nitrogens with two attached hydrogens (primary N) is 1. The first-order chi connectivity index (χ1) is 11.0. The lowest BCUT2D eigenvalue weighted by molar-refractivity contribution is -0.148. The van der Waals surface area contributed by atoms with Gasteiger partial charge >= 0.3 is 0 Å². The lowest BCUT2D eigenvalue weighted by Crippen LogP contribution is -2.63. The van der Waals surface area contributed by atoms with Crippen molar-refractivity contribution < 1.29 is 24.2 Å². The van der Waals surface area contributed by atoms with Crippen LogP contribution in [0, 0.1) is 6.42 Å². The van der Waals surface area contributed by atoms with Crippen molar-refractivity contribution in [3.05, 3.63) is 36.2 Å². The van der Waals surface area contributed by atoms with Crippen molar-refractivity contribution in [2.75, 3.05) is 13.2 Å². The topological polar surface area (TPSA) is 110 Å². The van der Waals surface area contributed by atoms with Gasteiger partial charge in [-0.25, -0.2) is 0 Å². The van der Waals surface area contributed by atoms with Crippen LogP contribution in [0.5, 0.6) is 5.75 Å². The first kappa shape index (κ1) is 15.5. The first-order valence-corrected chi connectivity index (χ1v) is 7.33. The van der Waals surface area contributed by atoms with Gasteiger partial charge in [0.1, 0.15) is 12.4 Å². The van der Waals surface area contributed by atoms with E-state index in [2.05, 4.69) is 0 Å². The number of amides is 2. The zero-order valence-electron chi connectivity index (χ0n) is 12.4. The van der Waals surface area contributed by atoms with Gasteiger partial charge in [-0.05, 0) is 30.5 Å². The molecule has 2 aliphatic rings. The Hall–Kier alpha value is -2.41.